The Bertz CT molecular complexity index is 442. The fourth-order valence-electron chi connectivity index (χ4n) is 2.47. The normalized spacial score (nSPS) is 23.9. The summed E-state index contributed by atoms with van der Waals surface area (Å²) in [6, 6.07) is 7.39. The highest BCUT2D eigenvalue weighted by Crippen LogP contribution is 2.20. The largest absolute Gasteiger partial charge is 0.329 e. The zero-order chi connectivity index (χ0) is 13.8. The van der Waals surface area contributed by atoms with Gasteiger partial charge >= 0.3 is 0 Å². The fourth-order valence-corrected chi connectivity index (χ4v) is 2.69. The molecule has 2 atom stereocenters. The number of thiocarbonyl (C=S) groups is 1. The van der Waals surface area contributed by atoms with Crippen molar-refractivity contribution in [2.24, 2.45) is 0 Å². The second kappa shape index (κ2) is 6.30. The fraction of sp³-hybridized carbons (Fsp3) is 0.500. The molecule has 104 valence electrons. The first-order valence-electron chi connectivity index (χ1n) is 6.68. The molecule has 2 unspecified atom stereocenters. The average molecular weight is 281 g/mol. The molecule has 1 fully saturated rings. The number of para-hydroxylation sites is 1. The van der Waals surface area contributed by atoms with E-state index in [0.29, 0.717) is 22.9 Å². The van der Waals surface area contributed by atoms with Crippen LogP contribution in [0.25, 0.3) is 0 Å². The van der Waals surface area contributed by atoms with E-state index in [1.807, 2.05) is 0 Å². The van der Waals surface area contributed by atoms with Crippen molar-refractivity contribution in [3.05, 3.63) is 30.1 Å². The van der Waals surface area contributed by atoms with Crippen LogP contribution in [0.5, 0.6) is 0 Å². The Balaban J connectivity index is 1.96. The summed E-state index contributed by atoms with van der Waals surface area (Å²) in [5.74, 6) is -0.300. The van der Waals surface area contributed by atoms with E-state index in [2.05, 4.69) is 29.6 Å². The number of hydrogen-bond acceptors (Lipinski definition) is 2. The molecule has 0 radical (unpaired) electrons. The molecule has 3 nitrogen and oxygen atoms in total. The maximum Gasteiger partial charge on any atom is 0.185 e. The predicted octanol–water partition coefficient (Wildman–Crippen LogP) is 3.29. The number of hydrogen-bond donors (Lipinski definition) is 2. The van der Waals surface area contributed by atoms with Gasteiger partial charge in [-0.15, -0.1) is 0 Å². The summed E-state index contributed by atoms with van der Waals surface area (Å²) >= 11 is 5.25. The van der Waals surface area contributed by atoms with E-state index in [-0.39, 0.29) is 5.82 Å². The molecular weight excluding hydrogens is 261 g/mol. The molecule has 1 saturated heterocycles. The van der Waals surface area contributed by atoms with Crippen LogP contribution in [0.4, 0.5) is 10.1 Å². The van der Waals surface area contributed by atoms with E-state index in [4.69, 9.17) is 12.2 Å². The van der Waals surface area contributed by atoms with Gasteiger partial charge in [0.1, 0.15) is 5.82 Å². The lowest BCUT2D eigenvalue weighted by atomic mass is 10.00. The van der Waals surface area contributed by atoms with Crippen LogP contribution in [-0.2, 0) is 0 Å². The molecular formula is C14H20FN3S. The van der Waals surface area contributed by atoms with Gasteiger partial charge in [-0.2, -0.15) is 0 Å². The molecule has 1 aromatic rings. The van der Waals surface area contributed by atoms with Gasteiger partial charge in [-0.05, 0) is 51.0 Å². The quantitative estimate of drug-likeness (QED) is 0.814. The highest BCUT2D eigenvalue weighted by atomic mass is 32.1. The third-order valence-electron chi connectivity index (χ3n) is 3.55. The number of hydrazine groups is 1. The minimum Gasteiger partial charge on any atom is -0.329 e. The van der Waals surface area contributed by atoms with Crippen LogP contribution in [0.1, 0.15) is 33.1 Å². The number of nitrogens with zero attached hydrogens (tertiary/aromatic N) is 1. The number of nitrogens with one attached hydrogen (secondary N) is 2. The Morgan fingerprint density at radius 3 is 2.53 bits per heavy atom. The Hall–Kier alpha value is -1.20. The van der Waals surface area contributed by atoms with Crippen LogP contribution in [0, 0.1) is 5.82 Å². The summed E-state index contributed by atoms with van der Waals surface area (Å²) in [6.45, 7) is 4.35. The highest BCUT2D eigenvalue weighted by molar-refractivity contribution is 7.80. The minimum absolute atomic E-state index is 0.300. The Kier molecular flexibility index (Phi) is 4.71. The van der Waals surface area contributed by atoms with Gasteiger partial charge in [0.15, 0.2) is 5.11 Å². The van der Waals surface area contributed by atoms with Crippen molar-refractivity contribution in [1.82, 2.24) is 10.4 Å². The first-order valence-corrected chi connectivity index (χ1v) is 7.09. The van der Waals surface area contributed by atoms with E-state index in [0.717, 1.165) is 12.8 Å². The van der Waals surface area contributed by atoms with Crippen molar-refractivity contribution in [1.29, 1.82) is 0 Å². The van der Waals surface area contributed by atoms with Gasteiger partial charge in [-0.3, -0.25) is 5.43 Å². The van der Waals surface area contributed by atoms with E-state index in [9.17, 15) is 4.39 Å². The molecule has 1 aromatic carbocycles. The van der Waals surface area contributed by atoms with Crippen LogP contribution in [0.3, 0.4) is 0 Å². The minimum atomic E-state index is -0.300. The molecule has 1 heterocycles. The van der Waals surface area contributed by atoms with Gasteiger partial charge < -0.3 is 5.32 Å². The maximum atomic E-state index is 13.5. The summed E-state index contributed by atoms with van der Waals surface area (Å²) in [5, 5.41) is 5.49. The monoisotopic (exact) mass is 281 g/mol. The summed E-state index contributed by atoms with van der Waals surface area (Å²) in [7, 11) is 0. The third kappa shape index (κ3) is 3.64. The van der Waals surface area contributed by atoms with Gasteiger partial charge in [0, 0.05) is 12.1 Å². The van der Waals surface area contributed by atoms with Crippen LogP contribution in [0.15, 0.2) is 24.3 Å². The Labute approximate surface area is 119 Å². The van der Waals surface area contributed by atoms with E-state index in [1.54, 1.807) is 18.2 Å². The van der Waals surface area contributed by atoms with Gasteiger partial charge in [-0.25, -0.2) is 9.40 Å². The molecule has 0 bridgehead atoms. The van der Waals surface area contributed by atoms with Crippen molar-refractivity contribution in [2.45, 2.75) is 45.2 Å². The molecule has 5 heteroatoms. The Morgan fingerprint density at radius 1 is 1.26 bits per heavy atom. The SMILES string of the molecule is CC1CCCC(C)N1NC(=S)Nc1ccccc1F. The summed E-state index contributed by atoms with van der Waals surface area (Å²) in [6.07, 6.45) is 3.55. The summed E-state index contributed by atoms with van der Waals surface area (Å²) in [5.41, 5.74) is 3.58. The topological polar surface area (TPSA) is 27.3 Å². The molecule has 2 rings (SSSR count). The number of halogens is 1. The second-order valence-electron chi connectivity index (χ2n) is 5.08. The number of benzene rings is 1. The zero-order valence-corrected chi connectivity index (χ0v) is 12.1. The standard InChI is InChI=1S/C14H20FN3S/c1-10-6-5-7-11(2)18(10)17-14(19)16-13-9-4-3-8-12(13)15/h3-4,8-11H,5-7H2,1-2H3,(H2,16,17,19). The lowest BCUT2D eigenvalue weighted by molar-refractivity contribution is 0.0750. The van der Waals surface area contributed by atoms with Crippen molar-refractivity contribution in [2.75, 3.05) is 5.32 Å². The third-order valence-corrected chi connectivity index (χ3v) is 3.74. The van der Waals surface area contributed by atoms with E-state index >= 15 is 0 Å². The summed E-state index contributed by atoms with van der Waals surface area (Å²) in [4.78, 5) is 0. The number of anilines is 1. The van der Waals surface area contributed by atoms with Crippen LogP contribution in [-0.4, -0.2) is 22.2 Å². The molecule has 1 aliphatic rings. The van der Waals surface area contributed by atoms with Crippen molar-refractivity contribution >= 4 is 23.0 Å². The average Bonchev–Trinajstić information content (AvgIpc) is 2.37. The lowest BCUT2D eigenvalue weighted by Crippen LogP contribution is -2.55. The first kappa shape index (κ1) is 14.2. The molecule has 19 heavy (non-hydrogen) atoms. The maximum absolute atomic E-state index is 13.5. The number of rotatable bonds is 2. The highest BCUT2D eigenvalue weighted by Gasteiger charge is 2.25. The molecule has 2 N–H and O–H groups in total. The molecule has 0 spiro atoms. The second-order valence-corrected chi connectivity index (χ2v) is 5.49. The summed E-state index contributed by atoms with van der Waals surface area (Å²) < 4.78 is 13.5. The molecule has 1 aliphatic heterocycles. The van der Waals surface area contributed by atoms with Gasteiger partial charge in [0.2, 0.25) is 0 Å². The first-order chi connectivity index (χ1) is 9.08. The van der Waals surface area contributed by atoms with Crippen molar-refractivity contribution in [3.63, 3.8) is 0 Å². The van der Waals surface area contributed by atoms with Crippen LogP contribution < -0.4 is 10.7 Å². The van der Waals surface area contributed by atoms with Gasteiger partial charge in [-0.1, -0.05) is 18.6 Å². The van der Waals surface area contributed by atoms with E-state index in [1.165, 1.54) is 12.5 Å². The van der Waals surface area contributed by atoms with Crippen LogP contribution >= 0.6 is 12.2 Å². The molecule has 0 amide bonds. The van der Waals surface area contributed by atoms with E-state index < -0.39 is 0 Å². The lowest BCUT2D eigenvalue weighted by Gasteiger charge is -2.39. The van der Waals surface area contributed by atoms with Gasteiger partial charge in [0.05, 0.1) is 5.69 Å². The Morgan fingerprint density at radius 2 is 1.89 bits per heavy atom. The smallest absolute Gasteiger partial charge is 0.185 e. The molecule has 0 saturated carbocycles. The van der Waals surface area contributed by atoms with Crippen LogP contribution in [0.2, 0.25) is 0 Å². The predicted molar refractivity (Wildman–Crippen MR) is 80.4 cm³/mol. The number of piperidine rings is 1. The van der Waals surface area contributed by atoms with Gasteiger partial charge in [0.25, 0.3) is 0 Å². The van der Waals surface area contributed by atoms with Crippen molar-refractivity contribution in [3.8, 4) is 0 Å². The van der Waals surface area contributed by atoms with Crippen molar-refractivity contribution < 1.29 is 4.39 Å². The molecule has 0 aliphatic carbocycles. The molecule has 0 aromatic heterocycles. The zero-order valence-electron chi connectivity index (χ0n) is 11.3.